The van der Waals surface area contributed by atoms with Crippen molar-refractivity contribution in [2.45, 2.75) is 33.4 Å². The van der Waals surface area contributed by atoms with Crippen LogP contribution in [-0.4, -0.2) is 12.0 Å². The normalized spacial score (nSPS) is 10.6. The van der Waals surface area contributed by atoms with Gasteiger partial charge in [0.1, 0.15) is 5.75 Å². The van der Waals surface area contributed by atoms with Gasteiger partial charge in [0, 0.05) is 6.54 Å². The summed E-state index contributed by atoms with van der Waals surface area (Å²) >= 11 is 1.47. The number of amides is 1. The van der Waals surface area contributed by atoms with E-state index in [-0.39, 0.29) is 12.0 Å². The van der Waals surface area contributed by atoms with Crippen LogP contribution in [0.25, 0.3) is 0 Å². The first kappa shape index (κ1) is 14.6. The Morgan fingerprint density at radius 3 is 2.50 bits per heavy atom. The third-order valence-corrected chi connectivity index (χ3v) is 3.83. The van der Waals surface area contributed by atoms with Gasteiger partial charge in [0.2, 0.25) is 0 Å². The summed E-state index contributed by atoms with van der Waals surface area (Å²) in [6.07, 6.45) is 0.169. The topological polar surface area (TPSA) is 38.3 Å². The number of carbonyl (C=O) groups is 1. The summed E-state index contributed by atoms with van der Waals surface area (Å²) in [5.41, 5.74) is 2.08. The molecule has 2 aromatic rings. The van der Waals surface area contributed by atoms with Crippen LogP contribution in [0.3, 0.4) is 0 Å². The first-order chi connectivity index (χ1) is 9.56. The highest BCUT2D eigenvalue weighted by Crippen LogP contribution is 2.16. The van der Waals surface area contributed by atoms with Gasteiger partial charge in [-0.25, -0.2) is 0 Å². The third-order valence-electron chi connectivity index (χ3n) is 2.82. The van der Waals surface area contributed by atoms with Crippen LogP contribution in [0.2, 0.25) is 0 Å². The van der Waals surface area contributed by atoms with Crippen LogP contribution < -0.4 is 10.1 Å². The lowest BCUT2D eigenvalue weighted by molar-refractivity contribution is 0.0954. The first-order valence-electron chi connectivity index (χ1n) is 6.64. The molecule has 2 rings (SSSR count). The van der Waals surface area contributed by atoms with Crippen LogP contribution in [0.5, 0.6) is 5.75 Å². The molecule has 4 heteroatoms. The van der Waals surface area contributed by atoms with Crippen molar-refractivity contribution < 1.29 is 9.53 Å². The molecule has 0 fully saturated rings. The van der Waals surface area contributed by atoms with Crippen LogP contribution in [0.15, 0.2) is 35.7 Å². The van der Waals surface area contributed by atoms with E-state index in [1.807, 2.05) is 56.5 Å². The van der Waals surface area contributed by atoms with Crippen LogP contribution in [-0.2, 0) is 6.54 Å². The van der Waals surface area contributed by atoms with Gasteiger partial charge in [-0.1, -0.05) is 12.1 Å². The van der Waals surface area contributed by atoms with Crippen LogP contribution in [0.4, 0.5) is 0 Å². The Labute approximate surface area is 123 Å². The Hall–Kier alpha value is -1.81. The molecule has 0 saturated carbocycles. The summed E-state index contributed by atoms with van der Waals surface area (Å²) in [7, 11) is 0. The van der Waals surface area contributed by atoms with Gasteiger partial charge in [-0.15, -0.1) is 11.3 Å². The standard InChI is InChI=1S/C16H19NO2S/c1-11(2)19-14-6-4-13(5-7-14)10-17-16(18)15-12(3)8-9-20-15/h4-9,11H,10H2,1-3H3,(H,17,18). The quantitative estimate of drug-likeness (QED) is 0.910. The van der Waals surface area contributed by atoms with Crippen molar-refractivity contribution >= 4 is 17.2 Å². The van der Waals surface area contributed by atoms with Crippen molar-refractivity contribution in [2.75, 3.05) is 0 Å². The molecule has 0 atom stereocenters. The van der Waals surface area contributed by atoms with Gasteiger partial charge < -0.3 is 10.1 Å². The predicted molar refractivity (Wildman–Crippen MR) is 82.4 cm³/mol. The number of ether oxygens (including phenoxy) is 1. The molecule has 0 aliphatic rings. The maximum Gasteiger partial charge on any atom is 0.261 e. The van der Waals surface area contributed by atoms with Crippen molar-refractivity contribution in [1.82, 2.24) is 5.32 Å². The van der Waals surface area contributed by atoms with E-state index >= 15 is 0 Å². The third kappa shape index (κ3) is 3.84. The second-order valence-electron chi connectivity index (χ2n) is 4.93. The van der Waals surface area contributed by atoms with Crippen molar-refractivity contribution in [3.8, 4) is 5.75 Å². The van der Waals surface area contributed by atoms with E-state index in [2.05, 4.69) is 5.32 Å². The maximum absolute atomic E-state index is 12.0. The monoisotopic (exact) mass is 289 g/mol. The minimum atomic E-state index is -0.0139. The molecule has 0 unspecified atom stereocenters. The molecule has 1 heterocycles. The number of rotatable bonds is 5. The molecule has 3 nitrogen and oxygen atoms in total. The largest absolute Gasteiger partial charge is 0.491 e. The first-order valence-corrected chi connectivity index (χ1v) is 7.52. The second-order valence-corrected chi connectivity index (χ2v) is 5.84. The van der Waals surface area contributed by atoms with Crippen LogP contribution in [0, 0.1) is 6.92 Å². The molecule has 106 valence electrons. The molecule has 1 aromatic carbocycles. The summed E-state index contributed by atoms with van der Waals surface area (Å²) in [6, 6.07) is 9.76. The van der Waals surface area contributed by atoms with E-state index in [9.17, 15) is 4.79 Å². The zero-order valence-electron chi connectivity index (χ0n) is 12.0. The number of carbonyl (C=O) groups excluding carboxylic acids is 1. The molecular weight excluding hydrogens is 270 g/mol. The molecule has 0 aliphatic carbocycles. The Bertz CT molecular complexity index is 572. The average Bonchev–Trinajstić information content (AvgIpc) is 2.83. The number of benzene rings is 1. The Morgan fingerprint density at radius 1 is 1.25 bits per heavy atom. The van der Waals surface area contributed by atoms with Gasteiger partial charge in [0.05, 0.1) is 11.0 Å². The zero-order valence-corrected chi connectivity index (χ0v) is 12.8. The summed E-state index contributed by atoms with van der Waals surface area (Å²) < 4.78 is 5.58. The van der Waals surface area contributed by atoms with E-state index in [1.165, 1.54) is 11.3 Å². The second kappa shape index (κ2) is 6.57. The molecule has 20 heavy (non-hydrogen) atoms. The number of thiophene rings is 1. The van der Waals surface area contributed by atoms with Gasteiger partial charge in [-0.3, -0.25) is 4.79 Å². The molecule has 1 N–H and O–H groups in total. The smallest absolute Gasteiger partial charge is 0.261 e. The van der Waals surface area contributed by atoms with Gasteiger partial charge in [-0.05, 0) is 55.5 Å². The highest BCUT2D eigenvalue weighted by molar-refractivity contribution is 7.12. The number of hydrogen-bond donors (Lipinski definition) is 1. The lowest BCUT2D eigenvalue weighted by atomic mass is 10.2. The van der Waals surface area contributed by atoms with Crippen molar-refractivity contribution in [3.05, 3.63) is 51.7 Å². The number of hydrogen-bond acceptors (Lipinski definition) is 3. The molecule has 0 saturated heterocycles. The fourth-order valence-electron chi connectivity index (χ4n) is 1.83. The predicted octanol–water partition coefficient (Wildman–Crippen LogP) is 3.77. The fraction of sp³-hybridized carbons (Fsp3) is 0.312. The van der Waals surface area contributed by atoms with E-state index in [0.29, 0.717) is 6.54 Å². The minimum Gasteiger partial charge on any atom is -0.491 e. The Balaban J connectivity index is 1.91. The lowest BCUT2D eigenvalue weighted by Gasteiger charge is -2.10. The van der Waals surface area contributed by atoms with Crippen molar-refractivity contribution in [2.24, 2.45) is 0 Å². The summed E-state index contributed by atoms with van der Waals surface area (Å²) in [6.45, 7) is 6.47. The zero-order chi connectivity index (χ0) is 14.5. The van der Waals surface area contributed by atoms with Crippen molar-refractivity contribution in [3.63, 3.8) is 0 Å². The Kier molecular flexibility index (Phi) is 4.79. The molecular formula is C16H19NO2S. The molecule has 0 aliphatic heterocycles. The van der Waals surface area contributed by atoms with Gasteiger partial charge in [-0.2, -0.15) is 0 Å². The van der Waals surface area contributed by atoms with E-state index in [4.69, 9.17) is 4.74 Å². The van der Waals surface area contributed by atoms with Gasteiger partial charge in [0.15, 0.2) is 0 Å². The highest BCUT2D eigenvalue weighted by Gasteiger charge is 2.09. The molecule has 0 bridgehead atoms. The van der Waals surface area contributed by atoms with Crippen LogP contribution in [0.1, 0.15) is 34.6 Å². The molecule has 1 amide bonds. The van der Waals surface area contributed by atoms with E-state index in [0.717, 1.165) is 21.8 Å². The number of nitrogens with one attached hydrogen (secondary N) is 1. The van der Waals surface area contributed by atoms with Crippen LogP contribution >= 0.6 is 11.3 Å². The highest BCUT2D eigenvalue weighted by atomic mass is 32.1. The molecule has 0 radical (unpaired) electrons. The average molecular weight is 289 g/mol. The van der Waals surface area contributed by atoms with E-state index in [1.54, 1.807) is 0 Å². The summed E-state index contributed by atoms with van der Waals surface area (Å²) in [4.78, 5) is 12.8. The van der Waals surface area contributed by atoms with E-state index < -0.39 is 0 Å². The molecule has 1 aromatic heterocycles. The lowest BCUT2D eigenvalue weighted by Crippen LogP contribution is -2.22. The molecule has 0 spiro atoms. The minimum absolute atomic E-state index is 0.0139. The number of aryl methyl sites for hydroxylation is 1. The summed E-state index contributed by atoms with van der Waals surface area (Å²) in [5, 5.41) is 4.87. The van der Waals surface area contributed by atoms with Crippen molar-refractivity contribution in [1.29, 1.82) is 0 Å². The van der Waals surface area contributed by atoms with Gasteiger partial charge in [0.25, 0.3) is 5.91 Å². The summed E-state index contributed by atoms with van der Waals surface area (Å²) in [5.74, 6) is 0.837. The Morgan fingerprint density at radius 2 is 1.95 bits per heavy atom. The SMILES string of the molecule is Cc1ccsc1C(=O)NCc1ccc(OC(C)C)cc1. The van der Waals surface area contributed by atoms with Gasteiger partial charge >= 0.3 is 0 Å². The fourth-order valence-corrected chi connectivity index (χ4v) is 2.67. The maximum atomic E-state index is 12.0.